The van der Waals surface area contributed by atoms with Gasteiger partial charge in [0.25, 0.3) is 0 Å². The van der Waals surface area contributed by atoms with E-state index in [0.717, 1.165) is 11.5 Å². The molecule has 5 aromatic rings. The number of rotatable bonds is 1. The van der Waals surface area contributed by atoms with Crippen molar-refractivity contribution in [3.05, 3.63) is 150 Å². The van der Waals surface area contributed by atoms with Crippen LogP contribution in [0.1, 0.15) is 22.3 Å². The normalized spacial score (nSPS) is 14.5. The maximum atomic E-state index is 6.45. The van der Waals surface area contributed by atoms with Crippen molar-refractivity contribution in [2.24, 2.45) is 0 Å². The fraction of sp³-hybridized carbons (Fsp3) is 0.0323. The van der Waals surface area contributed by atoms with Gasteiger partial charge in [-0.2, -0.15) is 0 Å². The quantitative estimate of drug-likeness (QED) is 0.340. The van der Waals surface area contributed by atoms with E-state index < -0.39 is 5.41 Å². The van der Waals surface area contributed by atoms with E-state index in [2.05, 4.69) is 127 Å². The standard InChI is InChI=1S/C31H21BO/c1-2-12-22(13-3-1)32-27-18-8-4-14-23(27)31(24-15-5-9-19-28(24)32)25-16-6-10-20-29(25)33-30-21-11-7-17-26(30)31/h1-21H. The van der Waals surface area contributed by atoms with Gasteiger partial charge in [0, 0.05) is 11.1 Å². The lowest BCUT2D eigenvalue weighted by atomic mass is 9.30. The van der Waals surface area contributed by atoms with Crippen LogP contribution in [0.5, 0.6) is 11.5 Å². The van der Waals surface area contributed by atoms with Crippen molar-refractivity contribution in [1.29, 1.82) is 0 Å². The Balaban J connectivity index is 1.67. The van der Waals surface area contributed by atoms with Crippen LogP contribution in [0.25, 0.3) is 0 Å². The predicted molar refractivity (Wildman–Crippen MR) is 136 cm³/mol. The summed E-state index contributed by atoms with van der Waals surface area (Å²) in [4.78, 5) is 0. The van der Waals surface area contributed by atoms with Crippen molar-refractivity contribution >= 4 is 23.1 Å². The van der Waals surface area contributed by atoms with E-state index in [-0.39, 0.29) is 6.71 Å². The number of ether oxygens (including phenoxy) is 1. The van der Waals surface area contributed by atoms with E-state index in [9.17, 15) is 0 Å². The van der Waals surface area contributed by atoms with Crippen LogP contribution in [0.4, 0.5) is 0 Å². The molecule has 0 N–H and O–H groups in total. The molecule has 0 saturated heterocycles. The first-order chi connectivity index (χ1) is 16.4. The van der Waals surface area contributed by atoms with Crippen LogP contribution < -0.4 is 21.1 Å². The lowest BCUT2D eigenvalue weighted by Gasteiger charge is -2.47. The molecular weight excluding hydrogens is 399 g/mol. The van der Waals surface area contributed by atoms with Gasteiger partial charge in [-0.3, -0.25) is 0 Å². The van der Waals surface area contributed by atoms with E-state index >= 15 is 0 Å². The minimum atomic E-state index is -0.427. The summed E-state index contributed by atoms with van der Waals surface area (Å²) >= 11 is 0. The molecule has 0 radical (unpaired) electrons. The molecule has 1 spiro atoms. The Morgan fingerprint density at radius 1 is 0.424 bits per heavy atom. The zero-order valence-corrected chi connectivity index (χ0v) is 18.1. The van der Waals surface area contributed by atoms with Gasteiger partial charge in [-0.05, 0) is 23.3 Å². The summed E-state index contributed by atoms with van der Waals surface area (Å²) in [6, 6.07) is 45.9. The molecule has 1 nitrogen and oxygen atoms in total. The molecule has 0 fully saturated rings. The minimum absolute atomic E-state index is 0.186. The van der Waals surface area contributed by atoms with Crippen LogP contribution in [-0.2, 0) is 5.41 Å². The number of para-hydroxylation sites is 2. The van der Waals surface area contributed by atoms with Gasteiger partial charge in [0.1, 0.15) is 11.5 Å². The lowest BCUT2D eigenvalue weighted by molar-refractivity contribution is 0.435. The molecule has 0 saturated carbocycles. The molecule has 0 aromatic heterocycles. The maximum Gasteiger partial charge on any atom is 0.242 e. The SMILES string of the molecule is c1ccc(B2c3ccccc3C3(c4ccccc4Oc4ccccc43)c3ccccc32)cc1. The molecule has 0 unspecified atom stereocenters. The fourth-order valence-electron chi connectivity index (χ4n) is 6.07. The highest BCUT2D eigenvalue weighted by Gasteiger charge is 2.51. The molecule has 2 heteroatoms. The van der Waals surface area contributed by atoms with Gasteiger partial charge in [0.15, 0.2) is 0 Å². The Labute approximate surface area is 194 Å². The Morgan fingerprint density at radius 3 is 1.39 bits per heavy atom. The molecule has 7 rings (SSSR count). The Hall–Kier alpha value is -4.04. The molecule has 0 amide bonds. The first kappa shape index (κ1) is 18.5. The summed E-state index contributed by atoms with van der Waals surface area (Å²) in [7, 11) is 0. The molecule has 2 aliphatic heterocycles. The van der Waals surface area contributed by atoms with Gasteiger partial charge in [0.2, 0.25) is 6.71 Å². The average molecular weight is 420 g/mol. The molecule has 0 bridgehead atoms. The smallest absolute Gasteiger partial charge is 0.242 e. The van der Waals surface area contributed by atoms with Crippen molar-refractivity contribution in [2.75, 3.05) is 0 Å². The summed E-state index contributed by atoms with van der Waals surface area (Å²) in [5.74, 6) is 1.86. The van der Waals surface area contributed by atoms with E-state index in [1.54, 1.807) is 0 Å². The second-order valence-corrected chi connectivity index (χ2v) is 8.86. The highest BCUT2D eigenvalue weighted by atomic mass is 16.5. The Morgan fingerprint density at radius 2 is 0.848 bits per heavy atom. The van der Waals surface area contributed by atoms with Gasteiger partial charge in [-0.1, -0.05) is 132 Å². The van der Waals surface area contributed by atoms with Crippen molar-refractivity contribution in [3.63, 3.8) is 0 Å². The third-order valence-corrected chi connectivity index (χ3v) is 7.29. The second kappa shape index (κ2) is 6.98. The number of benzene rings is 5. The monoisotopic (exact) mass is 420 g/mol. The average Bonchev–Trinajstić information content (AvgIpc) is 2.89. The summed E-state index contributed by atoms with van der Waals surface area (Å²) in [6.07, 6.45) is 0. The van der Waals surface area contributed by atoms with Gasteiger partial charge in [-0.25, -0.2) is 0 Å². The highest BCUT2D eigenvalue weighted by Crippen LogP contribution is 2.55. The van der Waals surface area contributed by atoms with E-state index in [1.165, 1.54) is 38.6 Å². The van der Waals surface area contributed by atoms with Crippen LogP contribution in [0.15, 0.2) is 127 Å². The summed E-state index contributed by atoms with van der Waals surface area (Å²) in [5, 5.41) is 0. The summed E-state index contributed by atoms with van der Waals surface area (Å²) in [6.45, 7) is 0.186. The minimum Gasteiger partial charge on any atom is -0.457 e. The molecule has 5 aromatic carbocycles. The topological polar surface area (TPSA) is 9.23 Å². The van der Waals surface area contributed by atoms with Crippen molar-refractivity contribution in [1.82, 2.24) is 0 Å². The van der Waals surface area contributed by atoms with Crippen LogP contribution in [-0.4, -0.2) is 6.71 Å². The fourth-order valence-corrected chi connectivity index (χ4v) is 6.07. The number of hydrogen-bond donors (Lipinski definition) is 0. The zero-order valence-electron chi connectivity index (χ0n) is 18.1. The number of hydrogen-bond acceptors (Lipinski definition) is 1. The van der Waals surface area contributed by atoms with Gasteiger partial charge in [0.05, 0.1) is 5.41 Å². The zero-order chi connectivity index (χ0) is 21.8. The highest BCUT2D eigenvalue weighted by molar-refractivity contribution is 6.96. The van der Waals surface area contributed by atoms with Gasteiger partial charge < -0.3 is 4.74 Å². The Kier molecular flexibility index (Phi) is 3.92. The summed E-state index contributed by atoms with van der Waals surface area (Å²) < 4.78 is 6.45. The Bertz CT molecular complexity index is 1410. The van der Waals surface area contributed by atoms with Crippen LogP contribution in [0, 0.1) is 0 Å². The second-order valence-electron chi connectivity index (χ2n) is 8.86. The van der Waals surface area contributed by atoms with E-state index in [4.69, 9.17) is 4.74 Å². The van der Waals surface area contributed by atoms with Gasteiger partial charge >= 0.3 is 0 Å². The molecule has 2 aliphatic rings. The van der Waals surface area contributed by atoms with Gasteiger partial charge in [-0.15, -0.1) is 0 Å². The first-order valence-corrected chi connectivity index (χ1v) is 11.5. The molecule has 2 heterocycles. The van der Waals surface area contributed by atoms with Crippen molar-refractivity contribution in [2.45, 2.75) is 5.41 Å². The lowest BCUT2D eigenvalue weighted by Crippen LogP contribution is -2.62. The molecule has 154 valence electrons. The molecular formula is C31H21BO. The van der Waals surface area contributed by atoms with E-state index in [0.29, 0.717) is 0 Å². The summed E-state index contributed by atoms with van der Waals surface area (Å²) in [5.41, 5.74) is 8.68. The predicted octanol–water partition coefficient (Wildman–Crippen LogP) is 5.00. The molecule has 33 heavy (non-hydrogen) atoms. The third kappa shape index (κ3) is 2.44. The van der Waals surface area contributed by atoms with Crippen LogP contribution >= 0.6 is 0 Å². The number of fused-ring (bicyclic) bond motifs is 8. The first-order valence-electron chi connectivity index (χ1n) is 11.5. The largest absolute Gasteiger partial charge is 0.457 e. The van der Waals surface area contributed by atoms with Crippen LogP contribution in [0.2, 0.25) is 0 Å². The van der Waals surface area contributed by atoms with Crippen LogP contribution in [0.3, 0.4) is 0 Å². The van der Waals surface area contributed by atoms with E-state index in [1.807, 2.05) is 0 Å². The van der Waals surface area contributed by atoms with Crippen molar-refractivity contribution < 1.29 is 4.74 Å². The third-order valence-electron chi connectivity index (χ3n) is 7.29. The molecule has 0 aliphatic carbocycles. The van der Waals surface area contributed by atoms with Crippen molar-refractivity contribution in [3.8, 4) is 11.5 Å². The maximum absolute atomic E-state index is 6.45. The molecule has 0 atom stereocenters.